The maximum atomic E-state index is 11.7. The summed E-state index contributed by atoms with van der Waals surface area (Å²) in [6.07, 6.45) is 7.74. The summed E-state index contributed by atoms with van der Waals surface area (Å²) in [5.74, 6) is -0.891. The maximum Gasteiger partial charge on any atom is 0.303 e. The third-order valence-corrected chi connectivity index (χ3v) is 3.50. The standard InChI is InChI=1S/C15H20N2O3/c18-14(7-3-4-8-15(19)20)17-12-9-11-5-1-2-6-13(11)16-10-12/h9-10H,1-8H2,(H,17,18)(H,19,20). The van der Waals surface area contributed by atoms with Gasteiger partial charge in [-0.05, 0) is 50.2 Å². The highest BCUT2D eigenvalue weighted by atomic mass is 16.4. The van der Waals surface area contributed by atoms with Crippen molar-refractivity contribution in [2.24, 2.45) is 0 Å². The van der Waals surface area contributed by atoms with Crippen LogP contribution in [0.2, 0.25) is 0 Å². The number of carboxylic acids is 1. The van der Waals surface area contributed by atoms with Crippen LogP contribution in [0, 0.1) is 0 Å². The number of carbonyl (C=O) groups is 2. The molecule has 2 rings (SSSR count). The van der Waals surface area contributed by atoms with Gasteiger partial charge in [-0.1, -0.05) is 0 Å². The number of fused-ring (bicyclic) bond motifs is 1. The molecule has 0 saturated heterocycles. The Kier molecular flexibility index (Phi) is 5.09. The third kappa shape index (κ3) is 4.33. The number of aryl methyl sites for hydroxylation is 2. The van der Waals surface area contributed by atoms with E-state index < -0.39 is 5.97 Å². The molecule has 0 fully saturated rings. The summed E-state index contributed by atoms with van der Waals surface area (Å²) in [6, 6.07) is 2.01. The predicted octanol–water partition coefficient (Wildman–Crippen LogP) is 2.54. The molecular weight excluding hydrogens is 256 g/mol. The van der Waals surface area contributed by atoms with Gasteiger partial charge in [0, 0.05) is 18.5 Å². The number of carboxylic acid groups (broad SMARTS) is 1. The van der Waals surface area contributed by atoms with Gasteiger partial charge < -0.3 is 10.4 Å². The van der Waals surface area contributed by atoms with Crippen molar-refractivity contribution >= 4 is 17.6 Å². The number of carbonyl (C=O) groups excluding carboxylic acids is 1. The molecule has 108 valence electrons. The molecule has 1 aliphatic rings. The highest BCUT2D eigenvalue weighted by Gasteiger charge is 2.12. The SMILES string of the molecule is O=C(O)CCCCC(=O)Nc1cnc2c(c1)CCCC2. The minimum atomic E-state index is -0.815. The number of aliphatic carboxylic acids is 1. The van der Waals surface area contributed by atoms with E-state index in [0.29, 0.717) is 19.3 Å². The van der Waals surface area contributed by atoms with E-state index in [9.17, 15) is 9.59 Å². The number of hydrogen-bond donors (Lipinski definition) is 2. The van der Waals surface area contributed by atoms with Gasteiger partial charge in [-0.2, -0.15) is 0 Å². The van der Waals surface area contributed by atoms with Crippen molar-refractivity contribution in [2.75, 3.05) is 5.32 Å². The second-order valence-corrected chi connectivity index (χ2v) is 5.19. The van der Waals surface area contributed by atoms with E-state index in [1.54, 1.807) is 6.20 Å². The Labute approximate surface area is 118 Å². The van der Waals surface area contributed by atoms with Crippen LogP contribution in [-0.2, 0) is 22.4 Å². The summed E-state index contributed by atoms with van der Waals surface area (Å²) < 4.78 is 0. The van der Waals surface area contributed by atoms with Gasteiger partial charge in [0.25, 0.3) is 0 Å². The highest BCUT2D eigenvalue weighted by molar-refractivity contribution is 5.90. The quantitative estimate of drug-likeness (QED) is 0.782. The lowest BCUT2D eigenvalue weighted by molar-refractivity contribution is -0.137. The van der Waals surface area contributed by atoms with E-state index in [0.717, 1.165) is 24.2 Å². The van der Waals surface area contributed by atoms with Gasteiger partial charge in [0.2, 0.25) is 5.91 Å². The molecule has 1 aliphatic carbocycles. The van der Waals surface area contributed by atoms with Crippen LogP contribution in [0.15, 0.2) is 12.3 Å². The van der Waals surface area contributed by atoms with Crippen LogP contribution in [-0.4, -0.2) is 22.0 Å². The van der Waals surface area contributed by atoms with Crippen molar-refractivity contribution in [3.05, 3.63) is 23.5 Å². The zero-order chi connectivity index (χ0) is 14.4. The average Bonchev–Trinajstić information content (AvgIpc) is 2.43. The largest absolute Gasteiger partial charge is 0.481 e. The van der Waals surface area contributed by atoms with E-state index in [2.05, 4.69) is 10.3 Å². The number of anilines is 1. The van der Waals surface area contributed by atoms with Gasteiger partial charge in [-0.15, -0.1) is 0 Å². The Morgan fingerprint density at radius 3 is 2.75 bits per heavy atom. The molecule has 5 heteroatoms. The minimum absolute atomic E-state index is 0.0760. The summed E-state index contributed by atoms with van der Waals surface area (Å²) in [6.45, 7) is 0. The fourth-order valence-electron chi connectivity index (χ4n) is 2.44. The van der Waals surface area contributed by atoms with Gasteiger partial charge in [0.1, 0.15) is 0 Å². The monoisotopic (exact) mass is 276 g/mol. The van der Waals surface area contributed by atoms with E-state index in [-0.39, 0.29) is 12.3 Å². The number of hydrogen-bond acceptors (Lipinski definition) is 3. The number of amides is 1. The molecule has 0 aliphatic heterocycles. The number of nitrogens with one attached hydrogen (secondary N) is 1. The summed E-state index contributed by atoms with van der Waals surface area (Å²) >= 11 is 0. The molecule has 1 heterocycles. The lowest BCUT2D eigenvalue weighted by atomic mass is 9.96. The van der Waals surface area contributed by atoms with Crippen LogP contribution in [0.3, 0.4) is 0 Å². The van der Waals surface area contributed by atoms with Gasteiger partial charge in [-0.25, -0.2) is 0 Å². The fraction of sp³-hybridized carbons (Fsp3) is 0.533. The number of aromatic nitrogens is 1. The van der Waals surface area contributed by atoms with Crippen molar-refractivity contribution in [1.29, 1.82) is 0 Å². The van der Waals surface area contributed by atoms with Crippen molar-refractivity contribution in [1.82, 2.24) is 4.98 Å². The van der Waals surface area contributed by atoms with Crippen molar-refractivity contribution in [2.45, 2.75) is 51.4 Å². The Balaban J connectivity index is 1.80. The molecule has 1 aromatic rings. The first-order chi connectivity index (χ1) is 9.65. The van der Waals surface area contributed by atoms with Crippen molar-refractivity contribution in [3.63, 3.8) is 0 Å². The van der Waals surface area contributed by atoms with Gasteiger partial charge >= 0.3 is 5.97 Å². The van der Waals surface area contributed by atoms with Crippen LogP contribution < -0.4 is 5.32 Å². The molecular formula is C15H20N2O3. The average molecular weight is 276 g/mol. The molecule has 1 aromatic heterocycles. The van der Waals surface area contributed by atoms with Gasteiger partial charge in [0.15, 0.2) is 0 Å². The number of pyridine rings is 1. The Morgan fingerprint density at radius 1 is 1.20 bits per heavy atom. The predicted molar refractivity (Wildman–Crippen MR) is 75.6 cm³/mol. The molecule has 0 atom stereocenters. The molecule has 0 aromatic carbocycles. The van der Waals surface area contributed by atoms with E-state index in [1.807, 2.05) is 6.07 Å². The highest BCUT2D eigenvalue weighted by Crippen LogP contribution is 2.22. The maximum absolute atomic E-state index is 11.7. The normalized spacial score (nSPS) is 13.6. The molecule has 5 nitrogen and oxygen atoms in total. The minimum Gasteiger partial charge on any atom is -0.481 e. The van der Waals surface area contributed by atoms with Crippen LogP contribution in [0.25, 0.3) is 0 Å². The van der Waals surface area contributed by atoms with Crippen molar-refractivity contribution in [3.8, 4) is 0 Å². The van der Waals surface area contributed by atoms with E-state index >= 15 is 0 Å². The van der Waals surface area contributed by atoms with Crippen LogP contribution >= 0.6 is 0 Å². The first-order valence-electron chi connectivity index (χ1n) is 7.14. The first kappa shape index (κ1) is 14.5. The van der Waals surface area contributed by atoms with Crippen LogP contribution in [0.4, 0.5) is 5.69 Å². The topological polar surface area (TPSA) is 79.3 Å². The lowest BCUT2D eigenvalue weighted by Gasteiger charge is -2.15. The summed E-state index contributed by atoms with van der Waals surface area (Å²) in [7, 11) is 0. The Morgan fingerprint density at radius 2 is 1.95 bits per heavy atom. The lowest BCUT2D eigenvalue weighted by Crippen LogP contribution is -2.13. The zero-order valence-corrected chi connectivity index (χ0v) is 11.5. The molecule has 0 spiro atoms. The number of unbranched alkanes of at least 4 members (excludes halogenated alkanes) is 1. The molecule has 0 unspecified atom stereocenters. The molecule has 20 heavy (non-hydrogen) atoms. The molecule has 0 radical (unpaired) electrons. The molecule has 2 N–H and O–H groups in total. The van der Waals surface area contributed by atoms with E-state index in [4.69, 9.17) is 5.11 Å². The number of rotatable bonds is 6. The first-order valence-corrected chi connectivity index (χ1v) is 7.14. The number of nitrogens with zero attached hydrogens (tertiary/aromatic N) is 1. The Hall–Kier alpha value is -1.91. The Bertz CT molecular complexity index is 500. The molecule has 0 bridgehead atoms. The second kappa shape index (κ2) is 7.03. The fourth-order valence-corrected chi connectivity index (χ4v) is 2.44. The van der Waals surface area contributed by atoms with Gasteiger partial charge in [0.05, 0.1) is 11.9 Å². The zero-order valence-electron chi connectivity index (χ0n) is 11.5. The van der Waals surface area contributed by atoms with E-state index in [1.165, 1.54) is 18.4 Å². The molecule has 0 saturated carbocycles. The smallest absolute Gasteiger partial charge is 0.303 e. The van der Waals surface area contributed by atoms with Crippen LogP contribution in [0.1, 0.15) is 49.8 Å². The molecule has 1 amide bonds. The van der Waals surface area contributed by atoms with Gasteiger partial charge in [-0.3, -0.25) is 14.6 Å². The third-order valence-electron chi connectivity index (χ3n) is 3.50. The summed E-state index contributed by atoms with van der Waals surface area (Å²) in [5, 5.41) is 11.3. The van der Waals surface area contributed by atoms with Crippen molar-refractivity contribution < 1.29 is 14.7 Å². The summed E-state index contributed by atoms with van der Waals surface area (Å²) in [4.78, 5) is 26.5. The van der Waals surface area contributed by atoms with Crippen LogP contribution in [0.5, 0.6) is 0 Å². The summed E-state index contributed by atoms with van der Waals surface area (Å²) in [5.41, 5.74) is 3.13. The second-order valence-electron chi connectivity index (χ2n) is 5.19.